The highest BCUT2D eigenvalue weighted by molar-refractivity contribution is 7.21. The smallest absolute Gasteiger partial charge is 0.325 e. The first kappa shape index (κ1) is 28.1. The molecular weight excluding hydrogens is 508 g/mol. The van der Waals surface area contributed by atoms with Gasteiger partial charge in [0.25, 0.3) is 0 Å². The van der Waals surface area contributed by atoms with Crippen LogP contribution in [-0.2, 0) is 9.53 Å². The van der Waals surface area contributed by atoms with E-state index in [2.05, 4.69) is 25.6 Å². The van der Waals surface area contributed by atoms with Crippen LogP contribution >= 0.6 is 11.3 Å². The van der Waals surface area contributed by atoms with Gasteiger partial charge in [0.1, 0.15) is 34.6 Å². The van der Waals surface area contributed by atoms with Crippen LogP contribution in [0.15, 0.2) is 12.3 Å². The Bertz CT molecular complexity index is 1330. The number of anilines is 2. The molecule has 5 N–H and O–H groups in total. The van der Waals surface area contributed by atoms with E-state index in [4.69, 9.17) is 9.72 Å². The SMILES string of the molecule is Cc1nc(NCC(=O)OC(C)(C)C)nc(N[C@@H]2C[C@H](C(C)(C)O)[C@@H](O)[C@H]2O)c1-c1nc2c(C)nccc2s1. The Balaban J connectivity index is 1.71. The second-order valence-electron chi connectivity index (χ2n) is 11.3. The molecule has 0 bridgehead atoms. The van der Waals surface area contributed by atoms with Crippen molar-refractivity contribution in [3.63, 3.8) is 0 Å². The molecule has 206 valence electrons. The average molecular weight is 545 g/mol. The summed E-state index contributed by atoms with van der Waals surface area (Å²) in [6, 6.07) is 1.31. The zero-order chi connectivity index (χ0) is 28.0. The summed E-state index contributed by atoms with van der Waals surface area (Å²) in [7, 11) is 0. The molecule has 12 heteroatoms. The number of thiazole rings is 1. The van der Waals surface area contributed by atoms with E-state index in [0.717, 1.165) is 15.9 Å². The van der Waals surface area contributed by atoms with Crippen LogP contribution in [0.3, 0.4) is 0 Å². The third-order valence-electron chi connectivity index (χ3n) is 6.52. The molecule has 11 nitrogen and oxygen atoms in total. The molecule has 3 aromatic heterocycles. The number of esters is 1. The van der Waals surface area contributed by atoms with Gasteiger partial charge in [-0.05, 0) is 61.0 Å². The van der Waals surface area contributed by atoms with Gasteiger partial charge in [-0.25, -0.2) is 9.97 Å². The number of hydrogen-bond donors (Lipinski definition) is 5. The minimum atomic E-state index is -1.18. The van der Waals surface area contributed by atoms with Crippen molar-refractivity contribution in [2.24, 2.45) is 5.92 Å². The number of hydrogen-bond acceptors (Lipinski definition) is 12. The summed E-state index contributed by atoms with van der Waals surface area (Å²) in [5, 5.41) is 38.9. The molecular formula is C26H36N6O5S. The summed E-state index contributed by atoms with van der Waals surface area (Å²) in [6.45, 7) is 12.2. The Morgan fingerprint density at radius 1 is 1.11 bits per heavy atom. The number of aliphatic hydroxyl groups is 3. The molecule has 0 aromatic carbocycles. The summed E-state index contributed by atoms with van der Waals surface area (Å²) in [5.74, 6) is -0.400. The Labute approximate surface area is 225 Å². The first-order valence-electron chi connectivity index (χ1n) is 12.6. The van der Waals surface area contributed by atoms with Crippen LogP contribution < -0.4 is 10.6 Å². The molecule has 1 aliphatic rings. The van der Waals surface area contributed by atoms with Crippen LogP contribution in [0.1, 0.15) is 52.4 Å². The maximum atomic E-state index is 12.3. The largest absolute Gasteiger partial charge is 0.459 e. The molecule has 1 fully saturated rings. The lowest BCUT2D eigenvalue weighted by atomic mass is 9.88. The summed E-state index contributed by atoms with van der Waals surface area (Å²) in [6.07, 6.45) is -0.189. The molecule has 0 aliphatic heterocycles. The molecule has 3 heterocycles. The highest BCUT2D eigenvalue weighted by atomic mass is 32.1. The quantitative estimate of drug-likeness (QED) is 0.278. The molecule has 1 saturated carbocycles. The molecule has 4 rings (SSSR count). The minimum Gasteiger partial charge on any atom is -0.459 e. The Morgan fingerprint density at radius 3 is 2.42 bits per heavy atom. The highest BCUT2D eigenvalue weighted by Gasteiger charge is 2.48. The maximum absolute atomic E-state index is 12.3. The Kier molecular flexibility index (Phi) is 7.63. The van der Waals surface area contributed by atoms with Gasteiger partial charge in [0.2, 0.25) is 5.95 Å². The van der Waals surface area contributed by atoms with Crippen molar-refractivity contribution in [3.8, 4) is 10.6 Å². The van der Waals surface area contributed by atoms with E-state index in [1.165, 1.54) is 11.3 Å². The van der Waals surface area contributed by atoms with Crippen molar-refractivity contribution >= 4 is 39.3 Å². The number of aromatic nitrogens is 4. The van der Waals surface area contributed by atoms with Gasteiger partial charge in [0.05, 0.1) is 39.4 Å². The van der Waals surface area contributed by atoms with Gasteiger partial charge < -0.3 is 30.7 Å². The number of aliphatic hydroxyl groups excluding tert-OH is 2. The lowest BCUT2D eigenvalue weighted by Gasteiger charge is -2.28. The molecule has 0 spiro atoms. The van der Waals surface area contributed by atoms with Crippen LogP contribution in [0.2, 0.25) is 0 Å². The maximum Gasteiger partial charge on any atom is 0.325 e. The summed E-state index contributed by atoms with van der Waals surface area (Å²) < 4.78 is 6.33. The van der Waals surface area contributed by atoms with E-state index in [0.29, 0.717) is 28.5 Å². The van der Waals surface area contributed by atoms with E-state index in [1.807, 2.05) is 19.9 Å². The van der Waals surface area contributed by atoms with Gasteiger partial charge in [-0.1, -0.05) is 0 Å². The van der Waals surface area contributed by atoms with Crippen molar-refractivity contribution in [1.29, 1.82) is 0 Å². The molecule has 3 aromatic rings. The van der Waals surface area contributed by atoms with Gasteiger partial charge in [0, 0.05) is 12.1 Å². The van der Waals surface area contributed by atoms with E-state index in [9.17, 15) is 20.1 Å². The Hall–Kier alpha value is -2.93. The fourth-order valence-electron chi connectivity index (χ4n) is 4.68. The fraction of sp³-hybridized carbons (Fsp3) is 0.577. The Morgan fingerprint density at radius 2 is 1.82 bits per heavy atom. The second kappa shape index (κ2) is 10.3. The first-order chi connectivity index (χ1) is 17.6. The van der Waals surface area contributed by atoms with Gasteiger partial charge >= 0.3 is 5.97 Å². The lowest BCUT2D eigenvalue weighted by Crippen LogP contribution is -2.40. The number of rotatable bonds is 7. The standard InChI is InChI=1S/C26H36N6O5S/c1-12-18(23-31-19-13(2)27-9-8-16(19)38-23)22(30-15-10-14(26(6,7)36)20(34)21(15)35)32-24(29-12)28-11-17(33)37-25(3,4)5/h8-9,14-15,20-21,34-36H,10-11H2,1-7H3,(H2,28,29,30,32)/t14-,15+,20+,21-/m0/s1. The summed E-state index contributed by atoms with van der Waals surface area (Å²) in [4.78, 5) is 30.6. The highest BCUT2D eigenvalue weighted by Crippen LogP contribution is 2.40. The van der Waals surface area contributed by atoms with E-state index >= 15 is 0 Å². The van der Waals surface area contributed by atoms with Crippen LogP contribution in [0.5, 0.6) is 0 Å². The number of pyridine rings is 1. The van der Waals surface area contributed by atoms with Crippen molar-refractivity contribution < 1.29 is 24.9 Å². The number of carbonyl (C=O) groups excluding carboxylic acids is 1. The average Bonchev–Trinajstić information content (AvgIpc) is 3.34. The van der Waals surface area contributed by atoms with Crippen molar-refractivity contribution in [3.05, 3.63) is 23.7 Å². The van der Waals surface area contributed by atoms with E-state index in [1.54, 1.807) is 40.8 Å². The van der Waals surface area contributed by atoms with Crippen LogP contribution in [0.4, 0.5) is 11.8 Å². The number of fused-ring (bicyclic) bond motifs is 1. The third kappa shape index (κ3) is 6.04. The fourth-order valence-corrected chi connectivity index (χ4v) is 5.80. The monoisotopic (exact) mass is 544 g/mol. The summed E-state index contributed by atoms with van der Waals surface area (Å²) in [5.41, 5.74) is 1.02. The minimum absolute atomic E-state index is 0.132. The predicted molar refractivity (Wildman–Crippen MR) is 146 cm³/mol. The van der Waals surface area contributed by atoms with Crippen molar-refractivity contribution in [1.82, 2.24) is 19.9 Å². The van der Waals surface area contributed by atoms with Gasteiger partial charge in [-0.2, -0.15) is 4.98 Å². The number of ether oxygens (including phenoxy) is 1. The zero-order valence-corrected chi connectivity index (χ0v) is 23.6. The van der Waals surface area contributed by atoms with Gasteiger partial charge in [-0.15, -0.1) is 11.3 Å². The predicted octanol–water partition coefficient (Wildman–Crippen LogP) is 2.81. The molecule has 0 amide bonds. The molecule has 1 aliphatic carbocycles. The van der Waals surface area contributed by atoms with Gasteiger partial charge in [-0.3, -0.25) is 9.78 Å². The number of carbonyl (C=O) groups is 1. The second-order valence-corrected chi connectivity index (χ2v) is 12.3. The van der Waals surface area contributed by atoms with Crippen LogP contribution in [0, 0.1) is 19.8 Å². The van der Waals surface area contributed by atoms with Crippen molar-refractivity contribution in [2.45, 2.75) is 84.3 Å². The van der Waals surface area contributed by atoms with Crippen LogP contribution in [0.25, 0.3) is 20.8 Å². The number of nitrogens with zero attached hydrogens (tertiary/aromatic N) is 4. The lowest BCUT2D eigenvalue weighted by molar-refractivity contribution is -0.152. The van der Waals surface area contributed by atoms with E-state index < -0.39 is 41.3 Å². The normalized spacial score (nSPS) is 22.1. The number of nitrogens with one attached hydrogen (secondary N) is 2. The van der Waals surface area contributed by atoms with Gasteiger partial charge in [0.15, 0.2) is 0 Å². The number of aryl methyl sites for hydroxylation is 2. The third-order valence-corrected chi connectivity index (χ3v) is 7.55. The molecule has 0 unspecified atom stereocenters. The summed E-state index contributed by atoms with van der Waals surface area (Å²) >= 11 is 1.47. The molecule has 0 radical (unpaired) electrons. The van der Waals surface area contributed by atoms with Crippen LogP contribution in [-0.4, -0.2) is 77.2 Å². The first-order valence-corrected chi connectivity index (χ1v) is 13.4. The molecule has 4 atom stereocenters. The topological polar surface area (TPSA) is 163 Å². The molecule has 0 saturated heterocycles. The molecule has 38 heavy (non-hydrogen) atoms. The van der Waals surface area contributed by atoms with Crippen molar-refractivity contribution in [2.75, 3.05) is 17.2 Å². The zero-order valence-electron chi connectivity index (χ0n) is 22.7. The van der Waals surface area contributed by atoms with E-state index in [-0.39, 0.29) is 12.5 Å².